The Morgan fingerprint density at radius 1 is 1.17 bits per heavy atom. The lowest BCUT2D eigenvalue weighted by molar-refractivity contribution is 0.111. The molecule has 0 aliphatic carbocycles. The first-order valence-electron chi connectivity index (χ1n) is 7.55. The van der Waals surface area contributed by atoms with Crippen LogP contribution in [0.2, 0.25) is 0 Å². The third-order valence-electron chi connectivity index (χ3n) is 3.52. The second kappa shape index (κ2) is 8.90. The zero-order valence-electron chi connectivity index (χ0n) is 13.2. The molecule has 23 heavy (non-hydrogen) atoms. The number of aliphatic imine (C=N–C) groups is 1. The lowest BCUT2D eigenvalue weighted by atomic mass is 10.1. The molecule has 2 aromatic carbocycles. The van der Waals surface area contributed by atoms with Crippen molar-refractivity contribution in [3.8, 4) is 0 Å². The van der Waals surface area contributed by atoms with Crippen molar-refractivity contribution in [2.75, 3.05) is 20.2 Å². The molecule has 2 rings (SSSR count). The van der Waals surface area contributed by atoms with Crippen LogP contribution in [-0.4, -0.2) is 26.2 Å². The minimum atomic E-state index is -0.269. The molecule has 0 aliphatic rings. The van der Waals surface area contributed by atoms with Gasteiger partial charge in [-0.15, -0.1) is 0 Å². The number of nitrogens with zero attached hydrogens (tertiary/aromatic N) is 1. The number of nitrogens with two attached hydrogens (primary N) is 1. The number of halogens is 1. The van der Waals surface area contributed by atoms with Crippen LogP contribution in [-0.2, 0) is 11.2 Å². The Morgan fingerprint density at radius 2 is 1.87 bits per heavy atom. The summed E-state index contributed by atoms with van der Waals surface area (Å²) in [5.41, 5.74) is 7.98. The van der Waals surface area contributed by atoms with Gasteiger partial charge in [-0.05, 0) is 29.7 Å². The number of rotatable bonds is 7. The molecule has 0 aromatic heterocycles. The van der Waals surface area contributed by atoms with E-state index in [2.05, 4.69) is 22.4 Å². The molecule has 1 atom stereocenters. The Balaban J connectivity index is 1.81. The standard InChI is InChI=1S/C18H22FN3O/c1-23-17(15-7-9-16(19)10-8-15)13-22-18(20)21-12-11-14-5-3-2-4-6-14/h2-10,17H,11-13H2,1H3,(H3,20,21,22). The van der Waals surface area contributed by atoms with Crippen LogP contribution < -0.4 is 11.1 Å². The maximum atomic E-state index is 12.9. The highest BCUT2D eigenvalue weighted by molar-refractivity contribution is 5.77. The van der Waals surface area contributed by atoms with E-state index in [1.807, 2.05) is 18.2 Å². The van der Waals surface area contributed by atoms with Crippen molar-refractivity contribution in [3.05, 3.63) is 71.5 Å². The summed E-state index contributed by atoms with van der Waals surface area (Å²) in [6.07, 6.45) is 0.632. The van der Waals surface area contributed by atoms with Crippen LogP contribution >= 0.6 is 0 Å². The molecule has 0 fully saturated rings. The number of hydrogen-bond donors (Lipinski definition) is 2. The third kappa shape index (κ3) is 5.71. The first-order chi connectivity index (χ1) is 11.2. The third-order valence-corrected chi connectivity index (χ3v) is 3.52. The highest BCUT2D eigenvalue weighted by Gasteiger charge is 2.10. The fourth-order valence-corrected chi connectivity index (χ4v) is 2.21. The quantitative estimate of drug-likeness (QED) is 0.610. The lowest BCUT2D eigenvalue weighted by Crippen LogP contribution is -2.33. The average Bonchev–Trinajstić information content (AvgIpc) is 2.58. The van der Waals surface area contributed by atoms with Gasteiger partial charge in [-0.25, -0.2) is 4.39 Å². The molecule has 5 heteroatoms. The highest BCUT2D eigenvalue weighted by Crippen LogP contribution is 2.17. The maximum absolute atomic E-state index is 12.9. The first kappa shape index (κ1) is 17.0. The summed E-state index contributed by atoms with van der Waals surface area (Å²) in [5, 5.41) is 3.08. The average molecular weight is 315 g/mol. The van der Waals surface area contributed by atoms with Gasteiger partial charge in [0.1, 0.15) is 11.9 Å². The number of nitrogens with one attached hydrogen (secondary N) is 1. The van der Waals surface area contributed by atoms with Crippen LogP contribution in [0, 0.1) is 5.82 Å². The monoisotopic (exact) mass is 315 g/mol. The fourth-order valence-electron chi connectivity index (χ4n) is 2.21. The number of hydrogen-bond acceptors (Lipinski definition) is 2. The summed E-state index contributed by atoms with van der Waals surface area (Å²) < 4.78 is 18.3. The van der Waals surface area contributed by atoms with Crippen LogP contribution in [0.25, 0.3) is 0 Å². The van der Waals surface area contributed by atoms with Crippen molar-refractivity contribution in [1.29, 1.82) is 0 Å². The normalized spacial score (nSPS) is 12.9. The van der Waals surface area contributed by atoms with Crippen LogP contribution in [0.1, 0.15) is 17.2 Å². The molecule has 0 spiro atoms. The van der Waals surface area contributed by atoms with Crippen LogP contribution in [0.5, 0.6) is 0 Å². The van der Waals surface area contributed by atoms with E-state index in [0.717, 1.165) is 12.0 Å². The summed E-state index contributed by atoms with van der Waals surface area (Å²) in [7, 11) is 1.60. The van der Waals surface area contributed by atoms with E-state index < -0.39 is 0 Å². The number of benzene rings is 2. The summed E-state index contributed by atoms with van der Waals surface area (Å²) in [6, 6.07) is 16.4. The van der Waals surface area contributed by atoms with E-state index in [9.17, 15) is 4.39 Å². The van der Waals surface area contributed by atoms with Crippen molar-refractivity contribution in [2.45, 2.75) is 12.5 Å². The van der Waals surface area contributed by atoms with Crippen molar-refractivity contribution in [3.63, 3.8) is 0 Å². The summed E-state index contributed by atoms with van der Waals surface area (Å²) in [4.78, 5) is 4.29. The van der Waals surface area contributed by atoms with Gasteiger partial charge in [0.05, 0.1) is 6.54 Å². The number of methoxy groups -OCH3 is 1. The van der Waals surface area contributed by atoms with Crippen molar-refractivity contribution < 1.29 is 9.13 Å². The lowest BCUT2D eigenvalue weighted by Gasteiger charge is -2.14. The van der Waals surface area contributed by atoms with Gasteiger partial charge in [-0.1, -0.05) is 42.5 Å². The Kier molecular flexibility index (Phi) is 6.56. The number of guanidine groups is 1. The minimum absolute atomic E-state index is 0.245. The van der Waals surface area contributed by atoms with Gasteiger partial charge in [0.15, 0.2) is 5.96 Å². The van der Waals surface area contributed by atoms with Gasteiger partial charge >= 0.3 is 0 Å². The SMILES string of the molecule is COC(CN=C(N)NCCc1ccccc1)c1ccc(F)cc1. The van der Waals surface area contributed by atoms with E-state index in [4.69, 9.17) is 10.5 Å². The topological polar surface area (TPSA) is 59.6 Å². The summed E-state index contributed by atoms with van der Waals surface area (Å²) >= 11 is 0. The van der Waals surface area contributed by atoms with Crippen LogP contribution in [0.15, 0.2) is 59.6 Å². The van der Waals surface area contributed by atoms with Gasteiger partial charge in [-0.2, -0.15) is 0 Å². The molecular formula is C18H22FN3O. The minimum Gasteiger partial charge on any atom is -0.375 e. The van der Waals surface area contributed by atoms with E-state index in [-0.39, 0.29) is 11.9 Å². The molecule has 3 N–H and O–H groups in total. The van der Waals surface area contributed by atoms with Gasteiger partial charge in [0, 0.05) is 13.7 Å². The van der Waals surface area contributed by atoms with Gasteiger partial charge in [0.2, 0.25) is 0 Å². The van der Waals surface area contributed by atoms with Gasteiger partial charge < -0.3 is 15.8 Å². The molecule has 0 saturated heterocycles. The molecule has 2 aromatic rings. The predicted octanol–water partition coefficient (Wildman–Crippen LogP) is 2.66. The van der Waals surface area contributed by atoms with Crippen molar-refractivity contribution >= 4 is 5.96 Å². The van der Waals surface area contributed by atoms with E-state index in [1.54, 1.807) is 19.2 Å². The Bertz CT molecular complexity index is 614. The zero-order valence-corrected chi connectivity index (χ0v) is 13.2. The first-order valence-corrected chi connectivity index (χ1v) is 7.55. The molecule has 4 nitrogen and oxygen atoms in total. The molecular weight excluding hydrogens is 293 g/mol. The Morgan fingerprint density at radius 3 is 2.52 bits per heavy atom. The van der Waals surface area contributed by atoms with E-state index in [1.165, 1.54) is 17.7 Å². The van der Waals surface area contributed by atoms with Crippen LogP contribution in [0.4, 0.5) is 4.39 Å². The van der Waals surface area contributed by atoms with Gasteiger partial charge in [0.25, 0.3) is 0 Å². The molecule has 1 unspecified atom stereocenters. The molecule has 0 saturated carbocycles. The largest absolute Gasteiger partial charge is 0.375 e. The zero-order chi connectivity index (χ0) is 16.5. The fraction of sp³-hybridized carbons (Fsp3) is 0.278. The van der Waals surface area contributed by atoms with Crippen molar-refractivity contribution in [2.24, 2.45) is 10.7 Å². The molecule has 0 heterocycles. The Hall–Kier alpha value is -2.40. The summed E-state index contributed by atoms with van der Waals surface area (Å²) in [5.74, 6) is 0.110. The molecule has 0 amide bonds. The second-order valence-electron chi connectivity index (χ2n) is 5.16. The summed E-state index contributed by atoms with van der Waals surface area (Å²) in [6.45, 7) is 1.10. The molecule has 0 radical (unpaired) electrons. The second-order valence-corrected chi connectivity index (χ2v) is 5.16. The van der Waals surface area contributed by atoms with E-state index in [0.29, 0.717) is 19.0 Å². The van der Waals surface area contributed by atoms with Crippen molar-refractivity contribution in [1.82, 2.24) is 5.32 Å². The highest BCUT2D eigenvalue weighted by atomic mass is 19.1. The smallest absolute Gasteiger partial charge is 0.188 e. The molecule has 0 aliphatic heterocycles. The van der Waals surface area contributed by atoms with Crippen LogP contribution in [0.3, 0.4) is 0 Å². The maximum Gasteiger partial charge on any atom is 0.188 e. The molecule has 122 valence electrons. The van der Waals surface area contributed by atoms with Gasteiger partial charge in [-0.3, -0.25) is 4.99 Å². The predicted molar refractivity (Wildman–Crippen MR) is 90.8 cm³/mol. The Labute approximate surface area is 136 Å². The number of ether oxygens (including phenoxy) is 1. The van der Waals surface area contributed by atoms with E-state index >= 15 is 0 Å². The molecule has 0 bridgehead atoms.